The molecule has 2 nitrogen and oxygen atoms in total. The van der Waals surface area contributed by atoms with E-state index in [1.807, 2.05) is 0 Å². The Morgan fingerprint density at radius 2 is 0.619 bits per heavy atom. The van der Waals surface area contributed by atoms with Crippen LogP contribution in [0.25, 0.3) is 0 Å². The zero-order chi connectivity index (χ0) is 30.2. The molecule has 0 aromatic carbocycles. The minimum Gasteiger partial charge on any atom is -0.356 e. The Morgan fingerprint density at radius 1 is 0.333 bits per heavy atom. The fraction of sp³-hybridized carbons (Fsp3) is 0.950. The minimum absolute atomic E-state index is 0.633. The molecule has 0 aliphatic carbocycles. The largest absolute Gasteiger partial charge is 0.356 e. The van der Waals surface area contributed by atoms with Crippen molar-refractivity contribution in [2.24, 2.45) is 0 Å². The van der Waals surface area contributed by atoms with Gasteiger partial charge in [-0.05, 0) is 26.2 Å². The number of hydrogen-bond acceptors (Lipinski definition) is 2. The first-order chi connectivity index (χ1) is 20.8. The van der Waals surface area contributed by atoms with Crippen molar-refractivity contribution in [3.05, 3.63) is 12.4 Å². The summed E-state index contributed by atoms with van der Waals surface area (Å²) in [7, 11) is 0. The van der Waals surface area contributed by atoms with Crippen molar-refractivity contribution in [1.29, 1.82) is 0 Å². The fourth-order valence-electron chi connectivity index (χ4n) is 6.97. The molecule has 0 bridgehead atoms. The van der Waals surface area contributed by atoms with Crippen LogP contribution in [0.3, 0.4) is 0 Å². The van der Waals surface area contributed by atoms with E-state index in [9.17, 15) is 0 Å². The van der Waals surface area contributed by atoms with E-state index in [4.69, 9.17) is 0 Å². The molecule has 2 heteroatoms. The standard InChI is InChI=1S/C40H80N2/c1-4-7-9-11-13-15-17-19-21-22-24-26-28-30-32-34-36-40-41(6-3)38-39-42(40)37-35-33-31-29-27-25-23-20-18-16-14-12-10-8-5-2/h38-40H,4-37H2,1-3H3. The Bertz CT molecular complexity index is 544. The van der Waals surface area contributed by atoms with Gasteiger partial charge < -0.3 is 9.80 Å². The molecule has 1 unspecified atom stereocenters. The van der Waals surface area contributed by atoms with Crippen molar-refractivity contribution < 1.29 is 0 Å². The summed E-state index contributed by atoms with van der Waals surface area (Å²) >= 11 is 0. The Hall–Kier alpha value is -0.660. The van der Waals surface area contributed by atoms with Crippen LogP contribution < -0.4 is 0 Å². The first-order valence-electron chi connectivity index (χ1n) is 20.0. The molecule has 1 aliphatic rings. The number of rotatable bonds is 34. The van der Waals surface area contributed by atoms with Crippen LogP contribution in [-0.4, -0.2) is 29.1 Å². The summed E-state index contributed by atoms with van der Waals surface area (Å²) in [6.07, 6.45) is 51.7. The van der Waals surface area contributed by atoms with Crippen LogP contribution in [-0.2, 0) is 0 Å². The molecule has 0 radical (unpaired) electrons. The van der Waals surface area contributed by atoms with E-state index in [0.717, 1.165) is 6.54 Å². The number of hydrogen-bond donors (Lipinski definition) is 0. The molecule has 0 aromatic rings. The van der Waals surface area contributed by atoms with Gasteiger partial charge in [-0.2, -0.15) is 0 Å². The summed E-state index contributed by atoms with van der Waals surface area (Å²) in [5.74, 6) is 0. The molecule has 1 heterocycles. The minimum atomic E-state index is 0.633. The second-order valence-electron chi connectivity index (χ2n) is 13.9. The van der Waals surface area contributed by atoms with Crippen molar-refractivity contribution in [3.63, 3.8) is 0 Å². The van der Waals surface area contributed by atoms with E-state index in [1.54, 1.807) is 0 Å². The van der Waals surface area contributed by atoms with E-state index < -0.39 is 0 Å². The number of unbranched alkanes of at least 4 members (excludes halogenated alkanes) is 29. The van der Waals surface area contributed by atoms with Gasteiger partial charge in [-0.1, -0.05) is 200 Å². The van der Waals surface area contributed by atoms with Crippen LogP contribution >= 0.6 is 0 Å². The zero-order valence-electron chi connectivity index (χ0n) is 29.7. The van der Waals surface area contributed by atoms with Crippen molar-refractivity contribution in [2.45, 2.75) is 232 Å². The van der Waals surface area contributed by atoms with E-state index in [-0.39, 0.29) is 0 Å². The fourth-order valence-corrected chi connectivity index (χ4v) is 6.97. The topological polar surface area (TPSA) is 6.48 Å². The van der Waals surface area contributed by atoms with Gasteiger partial charge in [-0.3, -0.25) is 0 Å². The van der Waals surface area contributed by atoms with E-state index >= 15 is 0 Å². The predicted molar refractivity (Wildman–Crippen MR) is 191 cm³/mol. The van der Waals surface area contributed by atoms with Gasteiger partial charge in [-0.15, -0.1) is 0 Å². The molecule has 0 aromatic heterocycles. The van der Waals surface area contributed by atoms with Crippen LogP contribution in [0.2, 0.25) is 0 Å². The van der Waals surface area contributed by atoms with Gasteiger partial charge in [0.15, 0.2) is 0 Å². The molecule has 1 aliphatic heterocycles. The molecule has 0 N–H and O–H groups in total. The second kappa shape index (κ2) is 31.8. The molecule has 1 atom stereocenters. The van der Waals surface area contributed by atoms with E-state index in [0.29, 0.717) is 6.17 Å². The second-order valence-corrected chi connectivity index (χ2v) is 13.9. The van der Waals surface area contributed by atoms with Gasteiger partial charge in [0.1, 0.15) is 6.17 Å². The Kier molecular flexibility index (Phi) is 29.8. The highest BCUT2D eigenvalue weighted by molar-refractivity contribution is 4.96. The normalized spacial score (nSPS) is 15.0. The van der Waals surface area contributed by atoms with Crippen LogP contribution in [0, 0.1) is 0 Å². The average molecular weight is 589 g/mol. The Balaban J connectivity index is 1.91. The molecular formula is C40H80N2. The summed E-state index contributed by atoms with van der Waals surface area (Å²) in [6, 6.07) is 0. The van der Waals surface area contributed by atoms with Crippen molar-refractivity contribution in [2.75, 3.05) is 13.1 Å². The third-order valence-electron chi connectivity index (χ3n) is 9.92. The molecule has 1 rings (SSSR count). The Labute approximate surface area is 267 Å². The van der Waals surface area contributed by atoms with Crippen molar-refractivity contribution in [1.82, 2.24) is 9.80 Å². The molecule has 0 fully saturated rings. The maximum absolute atomic E-state index is 2.66. The maximum Gasteiger partial charge on any atom is 0.101 e. The van der Waals surface area contributed by atoms with Crippen LogP contribution in [0.1, 0.15) is 226 Å². The van der Waals surface area contributed by atoms with E-state index in [1.165, 1.54) is 212 Å². The average Bonchev–Trinajstić information content (AvgIpc) is 3.40. The maximum atomic E-state index is 2.66. The third-order valence-corrected chi connectivity index (χ3v) is 9.92. The van der Waals surface area contributed by atoms with Gasteiger partial charge >= 0.3 is 0 Å². The zero-order valence-corrected chi connectivity index (χ0v) is 29.7. The lowest BCUT2D eigenvalue weighted by Gasteiger charge is -2.32. The lowest BCUT2D eigenvalue weighted by molar-refractivity contribution is 0.142. The third kappa shape index (κ3) is 23.8. The molecule has 250 valence electrons. The van der Waals surface area contributed by atoms with E-state index in [2.05, 4.69) is 43.0 Å². The van der Waals surface area contributed by atoms with Gasteiger partial charge in [0.05, 0.1) is 0 Å². The highest BCUT2D eigenvalue weighted by Crippen LogP contribution is 2.23. The van der Waals surface area contributed by atoms with Crippen molar-refractivity contribution >= 4 is 0 Å². The lowest BCUT2D eigenvalue weighted by atomic mass is 10.0. The van der Waals surface area contributed by atoms with Crippen LogP contribution in [0.4, 0.5) is 0 Å². The van der Waals surface area contributed by atoms with Crippen molar-refractivity contribution in [3.8, 4) is 0 Å². The molecule has 0 saturated heterocycles. The highest BCUT2D eigenvalue weighted by Gasteiger charge is 2.23. The lowest BCUT2D eigenvalue weighted by Crippen LogP contribution is -2.38. The molecule has 0 amide bonds. The highest BCUT2D eigenvalue weighted by atomic mass is 15.4. The smallest absolute Gasteiger partial charge is 0.101 e. The molecule has 0 spiro atoms. The summed E-state index contributed by atoms with van der Waals surface area (Å²) in [5.41, 5.74) is 0. The summed E-state index contributed by atoms with van der Waals surface area (Å²) in [6.45, 7) is 9.35. The summed E-state index contributed by atoms with van der Waals surface area (Å²) in [4.78, 5) is 5.24. The Morgan fingerprint density at radius 3 is 0.952 bits per heavy atom. The number of nitrogens with zero attached hydrogens (tertiary/aromatic N) is 2. The molecular weight excluding hydrogens is 508 g/mol. The summed E-state index contributed by atoms with van der Waals surface area (Å²) < 4.78 is 0. The quantitative estimate of drug-likeness (QED) is 0.0690. The predicted octanol–water partition coefficient (Wildman–Crippen LogP) is 13.9. The molecule has 0 saturated carbocycles. The van der Waals surface area contributed by atoms with Gasteiger partial charge in [0.25, 0.3) is 0 Å². The monoisotopic (exact) mass is 589 g/mol. The first kappa shape index (κ1) is 39.4. The molecule has 42 heavy (non-hydrogen) atoms. The van der Waals surface area contributed by atoms with Gasteiger partial charge in [0, 0.05) is 25.5 Å². The van der Waals surface area contributed by atoms with Crippen LogP contribution in [0.5, 0.6) is 0 Å². The van der Waals surface area contributed by atoms with Gasteiger partial charge in [-0.25, -0.2) is 0 Å². The summed E-state index contributed by atoms with van der Waals surface area (Å²) in [5, 5.41) is 0. The SMILES string of the molecule is CCCCCCCCCCCCCCCCCCC1N(CC)C=CN1CCCCCCCCCCCCCCCCC. The van der Waals surface area contributed by atoms with Crippen LogP contribution in [0.15, 0.2) is 12.4 Å². The first-order valence-corrected chi connectivity index (χ1v) is 20.0. The van der Waals surface area contributed by atoms with Gasteiger partial charge in [0.2, 0.25) is 0 Å².